The number of hydrogen-bond donors (Lipinski definition) is 3. The molecule has 0 saturated carbocycles. The van der Waals surface area contributed by atoms with Gasteiger partial charge in [-0.3, -0.25) is 4.79 Å². The van der Waals surface area contributed by atoms with Crippen molar-refractivity contribution < 1.29 is 14.0 Å². The number of nitrogens with one attached hydrogen (secondary N) is 3. The van der Waals surface area contributed by atoms with Crippen LogP contribution >= 0.6 is 0 Å². The zero-order valence-electron chi connectivity index (χ0n) is 14.0. The van der Waals surface area contributed by atoms with Crippen LogP contribution in [0.25, 0.3) is 0 Å². The number of furan rings is 1. The summed E-state index contributed by atoms with van der Waals surface area (Å²) >= 11 is 0. The molecule has 0 radical (unpaired) electrons. The zero-order chi connectivity index (χ0) is 17.4. The Morgan fingerprint density at radius 2 is 1.83 bits per heavy atom. The van der Waals surface area contributed by atoms with Crippen LogP contribution in [0.15, 0.2) is 46.9 Å². The summed E-state index contributed by atoms with van der Waals surface area (Å²) in [6, 6.07) is 12.9. The van der Waals surface area contributed by atoms with Gasteiger partial charge in [0.2, 0.25) is 5.91 Å². The number of carbonyl (C=O) groups is 2. The average Bonchev–Trinajstić information content (AvgIpc) is 3.00. The van der Waals surface area contributed by atoms with Crippen LogP contribution in [0.5, 0.6) is 0 Å². The van der Waals surface area contributed by atoms with Gasteiger partial charge >= 0.3 is 6.03 Å². The number of urea groups is 1. The summed E-state index contributed by atoms with van der Waals surface area (Å²) in [5, 5.41) is 8.03. The van der Waals surface area contributed by atoms with E-state index >= 15 is 0 Å². The second kappa shape index (κ2) is 8.76. The Kier molecular flexibility index (Phi) is 6.42. The highest BCUT2D eigenvalue weighted by atomic mass is 16.3. The lowest BCUT2D eigenvalue weighted by atomic mass is 10.1. The molecule has 24 heavy (non-hydrogen) atoms. The summed E-state index contributed by atoms with van der Waals surface area (Å²) in [5.41, 5.74) is 1.16. The van der Waals surface area contributed by atoms with Crippen LogP contribution in [-0.4, -0.2) is 25.0 Å². The van der Waals surface area contributed by atoms with E-state index in [9.17, 15) is 9.59 Å². The van der Waals surface area contributed by atoms with Crippen molar-refractivity contribution in [2.45, 2.75) is 26.3 Å². The highest BCUT2D eigenvalue weighted by Gasteiger charge is 2.13. The van der Waals surface area contributed by atoms with Crippen molar-refractivity contribution in [1.82, 2.24) is 16.0 Å². The summed E-state index contributed by atoms with van der Waals surface area (Å²) in [5.74, 6) is 1.24. The zero-order valence-corrected chi connectivity index (χ0v) is 14.0. The fourth-order valence-electron chi connectivity index (χ4n) is 2.22. The Morgan fingerprint density at radius 1 is 1.08 bits per heavy atom. The Bertz CT molecular complexity index is 667. The van der Waals surface area contributed by atoms with E-state index in [0.29, 0.717) is 12.3 Å². The monoisotopic (exact) mass is 329 g/mol. The standard InChI is InChI=1S/C18H23N3O3/c1-13-8-9-16(24-13)14(2)21-18(23)20-12-17(22)19-11-10-15-6-4-3-5-7-15/h3-9,14H,10-12H2,1-2H3,(H,19,22)(H2,20,21,23). The maximum atomic E-state index is 11.8. The van der Waals surface area contributed by atoms with Crippen molar-refractivity contribution in [2.75, 3.05) is 13.1 Å². The SMILES string of the molecule is Cc1ccc(C(C)NC(=O)NCC(=O)NCCc2ccccc2)o1. The topological polar surface area (TPSA) is 83.4 Å². The van der Waals surface area contributed by atoms with Crippen molar-refractivity contribution in [3.8, 4) is 0 Å². The predicted octanol–water partition coefficient (Wildman–Crippen LogP) is 2.31. The normalized spacial score (nSPS) is 11.6. The summed E-state index contributed by atoms with van der Waals surface area (Å²) in [7, 11) is 0. The Hall–Kier alpha value is -2.76. The number of rotatable bonds is 7. The first-order valence-electron chi connectivity index (χ1n) is 7.96. The average molecular weight is 329 g/mol. The van der Waals surface area contributed by atoms with Crippen molar-refractivity contribution in [3.05, 3.63) is 59.5 Å². The lowest BCUT2D eigenvalue weighted by Gasteiger charge is -2.12. The third kappa shape index (κ3) is 5.79. The molecule has 3 amide bonds. The maximum absolute atomic E-state index is 11.8. The molecule has 3 N–H and O–H groups in total. The van der Waals surface area contributed by atoms with Gasteiger partial charge in [0.1, 0.15) is 11.5 Å². The number of aryl methyl sites for hydroxylation is 1. The summed E-state index contributed by atoms with van der Waals surface area (Å²) < 4.78 is 5.45. The van der Waals surface area contributed by atoms with E-state index in [1.807, 2.05) is 56.3 Å². The Morgan fingerprint density at radius 3 is 2.50 bits per heavy atom. The first kappa shape index (κ1) is 17.6. The third-order valence-corrected chi connectivity index (χ3v) is 3.52. The fraction of sp³-hybridized carbons (Fsp3) is 0.333. The van der Waals surface area contributed by atoms with Crippen LogP contribution in [-0.2, 0) is 11.2 Å². The smallest absolute Gasteiger partial charge is 0.315 e. The molecular weight excluding hydrogens is 306 g/mol. The molecule has 0 spiro atoms. The van der Waals surface area contributed by atoms with Crippen LogP contribution in [0.2, 0.25) is 0 Å². The van der Waals surface area contributed by atoms with Gasteiger partial charge in [-0.2, -0.15) is 0 Å². The first-order valence-corrected chi connectivity index (χ1v) is 7.96. The maximum Gasteiger partial charge on any atom is 0.315 e. The molecule has 0 aliphatic carbocycles. The molecule has 1 aromatic carbocycles. The highest BCUT2D eigenvalue weighted by molar-refractivity contribution is 5.83. The molecule has 1 aromatic heterocycles. The molecule has 0 fully saturated rings. The number of carbonyl (C=O) groups excluding carboxylic acids is 2. The van der Waals surface area contributed by atoms with Crippen molar-refractivity contribution in [2.24, 2.45) is 0 Å². The van der Waals surface area contributed by atoms with Crippen LogP contribution in [0, 0.1) is 6.92 Å². The van der Waals surface area contributed by atoms with E-state index < -0.39 is 6.03 Å². The van der Waals surface area contributed by atoms with E-state index in [4.69, 9.17) is 4.42 Å². The number of benzene rings is 1. The minimum absolute atomic E-state index is 0.0650. The Labute approximate surface area is 141 Å². The first-order chi connectivity index (χ1) is 11.5. The molecule has 0 bridgehead atoms. The van der Waals surface area contributed by atoms with Gasteiger partial charge in [0, 0.05) is 6.54 Å². The summed E-state index contributed by atoms with van der Waals surface area (Å²) in [6.45, 7) is 4.13. The minimum atomic E-state index is -0.408. The summed E-state index contributed by atoms with van der Waals surface area (Å²) in [6.07, 6.45) is 0.758. The van der Waals surface area contributed by atoms with Crippen LogP contribution in [0.4, 0.5) is 4.79 Å². The molecule has 0 aliphatic rings. The molecule has 2 aromatic rings. The van der Waals surface area contributed by atoms with Crippen LogP contribution < -0.4 is 16.0 Å². The molecule has 1 atom stereocenters. The second-order valence-corrected chi connectivity index (χ2v) is 5.58. The molecular formula is C18H23N3O3. The van der Waals surface area contributed by atoms with E-state index in [-0.39, 0.29) is 18.5 Å². The molecule has 2 rings (SSSR count). The van der Waals surface area contributed by atoms with Gasteiger partial charge in [-0.25, -0.2) is 4.79 Å². The lowest BCUT2D eigenvalue weighted by molar-refractivity contribution is -0.120. The van der Waals surface area contributed by atoms with Gasteiger partial charge in [0.25, 0.3) is 0 Å². The van der Waals surface area contributed by atoms with Gasteiger partial charge in [-0.15, -0.1) is 0 Å². The van der Waals surface area contributed by atoms with Gasteiger partial charge in [-0.05, 0) is 38.0 Å². The summed E-state index contributed by atoms with van der Waals surface area (Å²) in [4.78, 5) is 23.5. The highest BCUT2D eigenvalue weighted by Crippen LogP contribution is 2.15. The van der Waals surface area contributed by atoms with E-state index in [0.717, 1.165) is 17.7 Å². The van der Waals surface area contributed by atoms with Crippen molar-refractivity contribution >= 4 is 11.9 Å². The second-order valence-electron chi connectivity index (χ2n) is 5.58. The van der Waals surface area contributed by atoms with Gasteiger partial charge in [-0.1, -0.05) is 30.3 Å². The molecule has 6 nitrogen and oxygen atoms in total. The third-order valence-electron chi connectivity index (χ3n) is 3.52. The quantitative estimate of drug-likeness (QED) is 0.729. The molecule has 0 aliphatic heterocycles. The molecule has 1 unspecified atom stereocenters. The molecule has 0 saturated heterocycles. The van der Waals surface area contributed by atoms with Gasteiger partial charge < -0.3 is 20.4 Å². The molecule has 128 valence electrons. The van der Waals surface area contributed by atoms with Crippen LogP contribution in [0.3, 0.4) is 0 Å². The van der Waals surface area contributed by atoms with Crippen molar-refractivity contribution in [1.29, 1.82) is 0 Å². The predicted molar refractivity (Wildman–Crippen MR) is 91.6 cm³/mol. The molecule has 1 heterocycles. The van der Waals surface area contributed by atoms with E-state index in [2.05, 4.69) is 16.0 Å². The Balaban J connectivity index is 1.63. The van der Waals surface area contributed by atoms with E-state index in [1.54, 1.807) is 0 Å². The van der Waals surface area contributed by atoms with Crippen molar-refractivity contribution in [3.63, 3.8) is 0 Å². The van der Waals surface area contributed by atoms with Gasteiger partial charge in [0.15, 0.2) is 0 Å². The van der Waals surface area contributed by atoms with E-state index in [1.165, 1.54) is 0 Å². The lowest BCUT2D eigenvalue weighted by Crippen LogP contribution is -2.43. The number of hydrogen-bond acceptors (Lipinski definition) is 3. The minimum Gasteiger partial charge on any atom is -0.464 e. The fourth-order valence-corrected chi connectivity index (χ4v) is 2.22. The van der Waals surface area contributed by atoms with Crippen LogP contribution in [0.1, 0.15) is 30.0 Å². The largest absolute Gasteiger partial charge is 0.464 e. The molecule has 6 heteroatoms. The van der Waals surface area contributed by atoms with Gasteiger partial charge in [0.05, 0.1) is 12.6 Å². The number of amides is 3.